The van der Waals surface area contributed by atoms with Crippen molar-refractivity contribution in [2.24, 2.45) is 0 Å². The Morgan fingerprint density at radius 2 is 2.09 bits per heavy atom. The van der Waals surface area contributed by atoms with Crippen LogP contribution in [0.3, 0.4) is 0 Å². The van der Waals surface area contributed by atoms with Crippen LogP contribution in [0.1, 0.15) is 16.7 Å². The molecule has 2 N–H and O–H groups in total. The van der Waals surface area contributed by atoms with E-state index in [1.54, 1.807) is 0 Å². The Kier molecular flexibility index (Phi) is 3.93. The van der Waals surface area contributed by atoms with Crippen LogP contribution in [0.5, 0.6) is 0 Å². The zero-order chi connectivity index (χ0) is 15.6. The van der Waals surface area contributed by atoms with Crippen molar-refractivity contribution in [1.29, 1.82) is 0 Å². The molecule has 0 spiro atoms. The van der Waals surface area contributed by atoms with Gasteiger partial charge in [0.2, 0.25) is 0 Å². The highest BCUT2D eigenvalue weighted by Crippen LogP contribution is 2.31. The van der Waals surface area contributed by atoms with Crippen molar-refractivity contribution < 1.29 is 4.42 Å². The summed E-state index contributed by atoms with van der Waals surface area (Å²) in [5, 5.41) is 7.75. The summed E-state index contributed by atoms with van der Waals surface area (Å²) in [5.41, 5.74) is 6.62. The monoisotopic (exact) mass is 327 g/mol. The fourth-order valence-electron chi connectivity index (χ4n) is 3.13. The second kappa shape index (κ2) is 6.22. The van der Waals surface area contributed by atoms with Crippen LogP contribution in [0.25, 0.3) is 11.1 Å². The molecular weight excluding hydrogens is 310 g/mol. The first kappa shape index (κ1) is 14.5. The third kappa shape index (κ3) is 2.92. The van der Waals surface area contributed by atoms with Gasteiger partial charge >= 0.3 is 0 Å². The van der Waals surface area contributed by atoms with Crippen LogP contribution in [-0.4, -0.2) is 18.1 Å². The van der Waals surface area contributed by atoms with Gasteiger partial charge in [0.15, 0.2) is 12.0 Å². The molecule has 0 radical (unpaired) electrons. The number of oxazole rings is 1. The van der Waals surface area contributed by atoms with Gasteiger partial charge in [-0.15, -0.1) is 0 Å². The molecule has 118 valence electrons. The van der Waals surface area contributed by atoms with E-state index in [2.05, 4.69) is 27.8 Å². The van der Waals surface area contributed by atoms with E-state index in [0.717, 1.165) is 53.3 Å². The van der Waals surface area contributed by atoms with E-state index in [1.165, 1.54) is 17.5 Å². The molecule has 5 heteroatoms. The lowest BCUT2D eigenvalue weighted by atomic mass is 10.0. The molecule has 2 aromatic carbocycles. The number of nitrogens with one attached hydrogen (secondary N) is 2. The van der Waals surface area contributed by atoms with Crippen LogP contribution in [-0.2, 0) is 19.4 Å². The minimum atomic E-state index is 0.709. The molecule has 0 amide bonds. The first-order valence-electron chi connectivity index (χ1n) is 7.88. The quantitative estimate of drug-likeness (QED) is 0.768. The summed E-state index contributed by atoms with van der Waals surface area (Å²) in [6, 6.07) is 10.2. The number of anilines is 1. The van der Waals surface area contributed by atoms with Crippen LogP contribution in [0.15, 0.2) is 41.1 Å². The van der Waals surface area contributed by atoms with Crippen molar-refractivity contribution in [3.05, 3.63) is 58.4 Å². The van der Waals surface area contributed by atoms with Crippen molar-refractivity contribution in [2.45, 2.75) is 19.4 Å². The second-order valence-electron chi connectivity index (χ2n) is 5.82. The molecule has 0 fully saturated rings. The van der Waals surface area contributed by atoms with E-state index in [-0.39, 0.29) is 0 Å². The maximum Gasteiger partial charge on any atom is 0.181 e. The molecule has 0 unspecified atom stereocenters. The molecule has 23 heavy (non-hydrogen) atoms. The Labute approximate surface area is 139 Å². The van der Waals surface area contributed by atoms with Gasteiger partial charge in [-0.2, -0.15) is 0 Å². The van der Waals surface area contributed by atoms with Gasteiger partial charge in [0.1, 0.15) is 5.52 Å². The first-order valence-corrected chi connectivity index (χ1v) is 8.26. The Morgan fingerprint density at radius 3 is 3.04 bits per heavy atom. The van der Waals surface area contributed by atoms with Gasteiger partial charge < -0.3 is 15.1 Å². The number of fused-ring (bicyclic) bond motifs is 2. The number of hydrogen-bond donors (Lipinski definition) is 2. The maximum atomic E-state index is 6.45. The predicted molar refractivity (Wildman–Crippen MR) is 93.1 cm³/mol. The summed E-state index contributed by atoms with van der Waals surface area (Å²) in [6.07, 6.45) is 3.52. The summed E-state index contributed by atoms with van der Waals surface area (Å²) in [4.78, 5) is 4.15. The van der Waals surface area contributed by atoms with E-state index in [1.807, 2.05) is 18.2 Å². The number of halogens is 1. The maximum absolute atomic E-state index is 6.45. The lowest BCUT2D eigenvalue weighted by Crippen LogP contribution is -2.16. The molecular formula is C18H18ClN3O. The summed E-state index contributed by atoms with van der Waals surface area (Å²) in [7, 11) is 0. The molecule has 1 aromatic heterocycles. The molecule has 2 heterocycles. The van der Waals surface area contributed by atoms with E-state index >= 15 is 0 Å². The number of rotatable bonds is 3. The third-order valence-corrected chi connectivity index (χ3v) is 4.66. The van der Waals surface area contributed by atoms with E-state index in [9.17, 15) is 0 Å². The van der Waals surface area contributed by atoms with Crippen molar-refractivity contribution in [3.63, 3.8) is 0 Å². The van der Waals surface area contributed by atoms with E-state index < -0.39 is 0 Å². The van der Waals surface area contributed by atoms with E-state index in [4.69, 9.17) is 16.0 Å². The molecule has 1 aliphatic rings. The summed E-state index contributed by atoms with van der Waals surface area (Å²) >= 11 is 6.45. The average Bonchev–Trinajstić information content (AvgIpc) is 2.90. The molecule has 0 atom stereocenters. The third-order valence-electron chi connectivity index (χ3n) is 4.35. The summed E-state index contributed by atoms with van der Waals surface area (Å²) in [5.74, 6) is 0. The number of nitrogens with zero attached hydrogens (tertiary/aromatic N) is 1. The molecule has 1 aliphatic heterocycles. The normalized spacial score (nSPS) is 14.5. The van der Waals surface area contributed by atoms with Crippen molar-refractivity contribution in [1.82, 2.24) is 10.3 Å². The van der Waals surface area contributed by atoms with Crippen LogP contribution >= 0.6 is 11.6 Å². The second-order valence-corrected chi connectivity index (χ2v) is 6.23. The fourth-order valence-corrected chi connectivity index (χ4v) is 3.38. The van der Waals surface area contributed by atoms with Gasteiger partial charge in [0, 0.05) is 6.54 Å². The number of aromatic nitrogens is 1. The zero-order valence-corrected chi connectivity index (χ0v) is 13.5. The minimum Gasteiger partial charge on any atom is -0.443 e. The van der Waals surface area contributed by atoms with Gasteiger partial charge in [-0.3, -0.25) is 0 Å². The van der Waals surface area contributed by atoms with Gasteiger partial charge in [0.05, 0.1) is 10.7 Å². The number of benzene rings is 2. The Morgan fingerprint density at radius 1 is 1.17 bits per heavy atom. The van der Waals surface area contributed by atoms with Gasteiger partial charge in [-0.05, 0) is 60.8 Å². The van der Waals surface area contributed by atoms with Crippen LogP contribution in [0.4, 0.5) is 5.69 Å². The fraction of sp³-hybridized carbons (Fsp3) is 0.278. The Balaban J connectivity index is 1.60. The van der Waals surface area contributed by atoms with E-state index in [0.29, 0.717) is 6.54 Å². The highest BCUT2D eigenvalue weighted by molar-refractivity contribution is 6.33. The molecule has 4 rings (SSSR count). The lowest BCUT2D eigenvalue weighted by Gasteiger charge is -2.16. The average molecular weight is 328 g/mol. The van der Waals surface area contributed by atoms with Gasteiger partial charge in [-0.1, -0.05) is 23.7 Å². The topological polar surface area (TPSA) is 50.1 Å². The van der Waals surface area contributed by atoms with Crippen LogP contribution in [0, 0.1) is 0 Å². The molecule has 3 aromatic rings. The van der Waals surface area contributed by atoms with Crippen molar-refractivity contribution in [2.75, 3.05) is 18.4 Å². The van der Waals surface area contributed by atoms with Crippen LogP contribution < -0.4 is 10.6 Å². The lowest BCUT2D eigenvalue weighted by molar-refractivity contribution is 0.602. The molecule has 0 bridgehead atoms. The molecule has 0 aliphatic carbocycles. The SMILES string of the molecule is Clc1ccc2c(c1NCc1ccc3ncoc3c1)CCNCC2. The highest BCUT2D eigenvalue weighted by atomic mass is 35.5. The summed E-state index contributed by atoms with van der Waals surface area (Å²) in [6.45, 7) is 2.72. The molecule has 0 saturated heterocycles. The van der Waals surface area contributed by atoms with Gasteiger partial charge in [-0.25, -0.2) is 4.98 Å². The van der Waals surface area contributed by atoms with Crippen LogP contribution in [0.2, 0.25) is 5.02 Å². The number of hydrogen-bond acceptors (Lipinski definition) is 4. The van der Waals surface area contributed by atoms with Gasteiger partial charge in [0.25, 0.3) is 0 Å². The van der Waals surface area contributed by atoms with Crippen molar-refractivity contribution in [3.8, 4) is 0 Å². The summed E-state index contributed by atoms with van der Waals surface area (Å²) < 4.78 is 5.37. The highest BCUT2D eigenvalue weighted by Gasteiger charge is 2.14. The predicted octanol–water partition coefficient (Wildman–Crippen LogP) is 3.78. The molecule has 4 nitrogen and oxygen atoms in total. The standard InChI is InChI=1S/C18H18ClN3O/c19-15-3-2-13-5-7-20-8-6-14(13)18(15)21-10-12-1-4-16-17(9-12)23-11-22-16/h1-4,9,11,20-21H,5-8,10H2. The largest absolute Gasteiger partial charge is 0.443 e. The smallest absolute Gasteiger partial charge is 0.181 e. The Bertz CT molecular complexity index is 843. The minimum absolute atomic E-state index is 0.709. The zero-order valence-electron chi connectivity index (χ0n) is 12.7. The first-order chi connectivity index (χ1) is 11.3. The molecule has 0 saturated carbocycles. The Hall–Kier alpha value is -2.04. The van der Waals surface area contributed by atoms with Crippen molar-refractivity contribution >= 4 is 28.4 Å².